The first kappa shape index (κ1) is 14.4. The quantitative estimate of drug-likeness (QED) is 0.802. The second-order valence-electron chi connectivity index (χ2n) is 5.97. The van der Waals surface area contributed by atoms with Crippen LogP contribution in [0.5, 0.6) is 0 Å². The smallest absolute Gasteiger partial charge is 0.212 e. The van der Waals surface area contributed by atoms with E-state index < -0.39 is 0 Å². The Hall–Kier alpha value is -1.97. The van der Waals surface area contributed by atoms with Crippen LogP contribution >= 0.6 is 0 Å². The lowest BCUT2D eigenvalue weighted by molar-refractivity contribution is 0.102. The van der Waals surface area contributed by atoms with Crippen LogP contribution in [0.15, 0.2) is 30.5 Å². The van der Waals surface area contributed by atoms with Gasteiger partial charge in [0.2, 0.25) is 5.78 Å². The summed E-state index contributed by atoms with van der Waals surface area (Å²) in [6, 6.07) is 7.77. The molecule has 0 radical (unpaired) electrons. The van der Waals surface area contributed by atoms with Crippen molar-refractivity contribution in [3.8, 4) is 0 Å². The minimum atomic E-state index is -0.0741. The van der Waals surface area contributed by atoms with E-state index in [0.717, 1.165) is 17.5 Å². The van der Waals surface area contributed by atoms with Gasteiger partial charge >= 0.3 is 0 Å². The summed E-state index contributed by atoms with van der Waals surface area (Å²) in [5, 5.41) is 7.86. The number of hydrogen-bond acceptors (Lipinski definition) is 3. The number of aryl methyl sites for hydroxylation is 1. The summed E-state index contributed by atoms with van der Waals surface area (Å²) in [4.78, 5) is 12.8. The van der Waals surface area contributed by atoms with E-state index in [9.17, 15) is 4.79 Å². The van der Waals surface area contributed by atoms with E-state index in [-0.39, 0.29) is 11.2 Å². The van der Waals surface area contributed by atoms with E-state index in [2.05, 4.69) is 38.0 Å². The molecule has 0 bridgehead atoms. The summed E-state index contributed by atoms with van der Waals surface area (Å²) >= 11 is 0. The summed E-state index contributed by atoms with van der Waals surface area (Å²) in [6.07, 6.45) is 2.47. The Labute approximate surface area is 119 Å². The summed E-state index contributed by atoms with van der Waals surface area (Å²) < 4.78 is 1.68. The van der Waals surface area contributed by atoms with Gasteiger partial charge < -0.3 is 0 Å². The van der Waals surface area contributed by atoms with E-state index >= 15 is 0 Å². The van der Waals surface area contributed by atoms with Crippen LogP contribution < -0.4 is 0 Å². The zero-order valence-electron chi connectivity index (χ0n) is 12.6. The van der Waals surface area contributed by atoms with Gasteiger partial charge in [0.15, 0.2) is 0 Å². The van der Waals surface area contributed by atoms with Gasteiger partial charge in [0.1, 0.15) is 5.69 Å². The molecule has 1 aromatic heterocycles. The number of rotatable bonds is 4. The van der Waals surface area contributed by atoms with Gasteiger partial charge in [-0.2, -0.15) is 0 Å². The lowest BCUT2D eigenvalue weighted by Crippen LogP contribution is -2.19. The summed E-state index contributed by atoms with van der Waals surface area (Å²) in [6.45, 7) is 9.10. The first-order valence-electron chi connectivity index (χ1n) is 6.98. The number of hydrogen-bond donors (Lipinski definition) is 0. The highest BCUT2D eigenvalue weighted by molar-refractivity contribution is 6.08. The minimum absolute atomic E-state index is 0.00558. The molecule has 0 aliphatic heterocycles. The molecule has 0 N–H and O–H groups in total. The fraction of sp³-hybridized carbons (Fsp3) is 0.438. The Morgan fingerprint density at radius 3 is 2.60 bits per heavy atom. The Morgan fingerprint density at radius 2 is 1.95 bits per heavy atom. The molecule has 0 saturated heterocycles. The largest absolute Gasteiger partial charge is 0.287 e. The van der Waals surface area contributed by atoms with Gasteiger partial charge in [-0.3, -0.25) is 4.79 Å². The highest BCUT2D eigenvalue weighted by atomic mass is 16.1. The van der Waals surface area contributed by atoms with Crippen LogP contribution in [0.25, 0.3) is 0 Å². The molecular formula is C16H21N3O. The molecule has 20 heavy (non-hydrogen) atoms. The molecule has 0 saturated carbocycles. The predicted molar refractivity (Wildman–Crippen MR) is 78.9 cm³/mol. The van der Waals surface area contributed by atoms with Gasteiger partial charge in [0.25, 0.3) is 0 Å². The minimum Gasteiger partial charge on any atom is -0.287 e. The fourth-order valence-corrected chi connectivity index (χ4v) is 2.28. The van der Waals surface area contributed by atoms with Crippen LogP contribution in [0.1, 0.15) is 55.7 Å². The molecule has 106 valence electrons. The van der Waals surface area contributed by atoms with E-state index in [0.29, 0.717) is 12.2 Å². The summed E-state index contributed by atoms with van der Waals surface area (Å²) in [7, 11) is 0. The zero-order chi connectivity index (χ0) is 14.8. The van der Waals surface area contributed by atoms with Gasteiger partial charge in [-0.15, -0.1) is 5.10 Å². The molecule has 2 rings (SSSR count). The second-order valence-corrected chi connectivity index (χ2v) is 5.97. The Bertz CT molecular complexity index is 608. The molecule has 1 aromatic carbocycles. The van der Waals surface area contributed by atoms with Crippen LogP contribution in [0.3, 0.4) is 0 Å². The molecule has 0 spiro atoms. The van der Waals surface area contributed by atoms with Crippen molar-refractivity contribution in [1.29, 1.82) is 0 Å². The number of carbonyl (C=O) groups excluding carboxylic acids is 1. The first-order chi connectivity index (χ1) is 9.45. The zero-order valence-corrected chi connectivity index (χ0v) is 12.6. The maximum Gasteiger partial charge on any atom is 0.212 e. The van der Waals surface area contributed by atoms with Crippen molar-refractivity contribution in [3.63, 3.8) is 0 Å². The van der Waals surface area contributed by atoms with E-state index in [1.54, 1.807) is 10.9 Å². The van der Waals surface area contributed by atoms with Crippen LogP contribution in [-0.4, -0.2) is 20.8 Å². The third-order valence-electron chi connectivity index (χ3n) is 3.27. The molecule has 2 aromatic rings. The predicted octanol–water partition coefficient (Wildman–Crippen LogP) is 3.22. The van der Waals surface area contributed by atoms with Crippen molar-refractivity contribution in [2.24, 2.45) is 0 Å². The van der Waals surface area contributed by atoms with E-state index in [1.165, 1.54) is 0 Å². The number of nitrogens with zero attached hydrogens (tertiary/aromatic N) is 3. The van der Waals surface area contributed by atoms with Crippen molar-refractivity contribution in [3.05, 3.63) is 47.3 Å². The molecule has 4 nitrogen and oxygen atoms in total. The average Bonchev–Trinajstić information content (AvgIpc) is 2.85. The number of benzene rings is 1. The van der Waals surface area contributed by atoms with Crippen molar-refractivity contribution in [2.75, 3.05) is 0 Å². The number of aromatic nitrogens is 3. The third kappa shape index (κ3) is 2.79. The SMILES string of the molecule is CCCn1nncc1C(=O)c1ccccc1C(C)(C)C. The molecule has 0 atom stereocenters. The highest BCUT2D eigenvalue weighted by Crippen LogP contribution is 2.27. The van der Waals surface area contributed by atoms with Crippen LogP contribution in [0, 0.1) is 0 Å². The highest BCUT2D eigenvalue weighted by Gasteiger charge is 2.23. The Kier molecular flexibility index (Phi) is 4.02. The number of carbonyl (C=O) groups is 1. The Balaban J connectivity index is 2.46. The molecule has 0 aliphatic carbocycles. The lowest BCUT2D eigenvalue weighted by atomic mass is 9.82. The van der Waals surface area contributed by atoms with E-state index in [4.69, 9.17) is 0 Å². The molecule has 0 fully saturated rings. The summed E-state index contributed by atoms with van der Waals surface area (Å²) in [5.41, 5.74) is 2.27. The maximum absolute atomic E-state index is 12.8. The molecule has 0 amide bonds. The molecule has 1 heterocycles. The van der Waals surface area contributed by atoms with Crippen LogP contribution in [-0.2, 0) is 12.0 Å². The second kappa shape index (κ2) is 5.57. The molecule has 0 aliphatic rings. The monoisotopic (exact) mass is 271 g/mol. The van der Waals surface area contributed by atoms with Gasteiger partial charge in [-0.25, -0.2) is 4.68 Å². The van der Waals surface area contributed by atoms with Gasteiger partial charge in [0.05, 0.1) is 6.20 Å². The lowest BCUT2D eigenvalue weighted by Gasteiger charge is -2.22. The topological polar surface area (TPSA) is 47.8 Å². The van der Waals surface area contributed by atoms with E-state index in [1.807, 2.05) is 24.3 Å². The van der Waals surface area contributed by atoms with Gasteiger partial charge in [-0.1, -0.05) is 57.2 Å². The standard InChI is InChI=1S/C16H21N3O/c1-5-10-19-14(11-17-18-19)15(20)12-8-6-7-9-13(12)16(2,3)4/h6-9,11H,5,10H2,1-4H3. The average molecular weight is 271 g/mol. The van der Waals surface area contributed by atoms with Gasteiger partial charge in [-0.05, 0) is 17.4 Å². The van der Waals surface area contributed by atoms with Crippen molar-refractivity contribution >= 4 is 5.78 Å². The number of ketones is 1. The maximum atomic E-state index is 12.8. The normalized spacial score (nSPS) is 11.6. The summed E-state index contributed by atoms with van der Waals surface area (Å²) in [5.74, 6) is -0.00558. The van der Waals surface area contributed by atoms with Crippen LogP contribution in [0.2, 0.25) is 0 Å². The first-order valence-corrected chi connectivity index (χ1v) is 6.98. The van der Waals surface area contributed by atoms with Crippen molar-refractivity contribution in [2.45, 2.75) is 46.1 Å². The van der Waals surface area contributed by atoms with Gasteiger partial charge in [0, 0.05) is 12.1 Å². The molecule has 0 unspecified atom stereocenters. The molecule has 4 heteroatoms. The fourth-order valence-electron chi connectivity index (χ4n) is 2.28. The van der Waals surface area contributed by atoms with Crippen LogP contribution in [0.4, 0.5) is 0 Å². The van der Waals surface area contributed by atoms with Crippen molar-refractivity contribution < 1.29 is 4.79 Å². The molecular weight excluding hydrogens is 250 g/mol. The van der Waals surface area contributed by atoms with Crippen molar-refractivity contribution in [1.82, 2.24) is 15.0 Å². The third-order valence-corrected chi connectivity index (χ3v) is 3.27. The Morgan fingerprint density at radius 1 is 1.25 bits per heavy atom.